The number of ketones is 1. The average Bonchev–Trinajstić information content (AvgIpc) is 3.07. The molecule has 6 nitrogen and oxygen atoms in total. The van der Waals surface area contributed by atoms with Crippen LogP contribution in [0.1, 0.15) is 40.2 Å². The number of carbonyl (C=O) groups excluding carboxylic acids is 2. The van der Waals surface area contributed by atoms with Crippen molar-refractivity contribution >= 4 is 33.9 Å². The maximum absolute atomic E-state index is 12.0. The fraction of sp³-hybridized carbons (Fsp3) is 0.294. The number of benzene rings is 1. The normalized spacial score (nSPS) is 10.9. The molecule has 0 radical (unpaired) electrons. The number of Topliss-reactive ketones (excluding diaryl/α,β-unsaturated/α-hetero) is 1. The number of nitrogens with zero attached hydrogens (tertiary/aromatic N) is 3. The van der Waals surface area contributed by atoms with E-state index in [0.29, 0.717) is 24.4 Å². The second-order valence-electron chi connectivity index (χ2n) is 5.56. The van der Waals surface area contributed by atoms with E-state index in [1.54, 1.807) is 16.6 Å². The van der Waals surface area contributed by atoms with Crippen LogP contribution in [0.3, 0.4) is 0 Å². The second kappa shape index (κ2) is 6.92. The van der Waals surface area contributed by atoms with Crippen LogP contribution >= 0.6 is 11.3 Å². The van der Waals surface area contributed by atoms with E-state index < -0.39 is 0 Å². The highest BCUT2D eigenvalue weighted by molar-refractivity contribution is 7.17. The first-order valence-electron chi connectivity index (χ1n) is 7.75. The maximum Gasteiger partial charge on any atom is 0.250 e. The molecular formula is C17H18N4O2S. The molecule has 1 amide bonds. The van der Waals surface area contributed by atoms with Gasteiger partial charge in [-0.25, -0.2) is 4.52 Å². The third-order valence-electron chi connectivity index (χ3n) is 3.80. The van der Waals surface area contributed by atoms with Gasteiger partial charge in [0.25, 0.3) is 0 Å². The summed E-state index contributed by atoms with van der Waals surface area (Å²) in [5.41, 5.74) is 1.70. The number of hydrogen-bond acceptors (Lipinski definition) is 5. The summed E-state index contributed by atoms with van der Waals surface area (Å²) in [6, 6.07) is 9.11. The summed E-state index contributed by atoms with van der Waals surface area (Å²) in [5.74, 6) is 0.183. The molecule has 0 saturated carbocycles. The summed E-state index contributed by atoms with van der Waals surface area (Å²) in [7, 11) is 0. The largest absolute Gasteiger partial charge is 0.294 e. The third kappa shape index (κ3) is 3.51. The van der Waals surface area contributed by atoms with Crippen LogP contribution in [-0.2, 0) is 4.79 Å². The van der Waals surface area contributed by atoms with E-state index in [1.807, 2.05) is 32.0 Å². The molecule has 0 bridgehead atoms. The molecule has 0 fully saturated rings. The van der Waals surface area contributed by atoms with Crippen molar-refractivity contribution in [2.45, 2.75) is 33.1 Å². The Kier molecular flexibility index (Phi) is 4.71. The van der Waals surface area contributed by atoms with E-state index in [0.717, 1.165) is 15.5 Å². The Morgan fingerprint density at radius 2 is 1.92 bits per heavy atom. The fourth-order valence-electron chi connectivity index (χ4n) is 2.36. The SMILES string of the molecule is Cc1sc2nc(NC(=O)CCCC(=O)c3ccccc3)nn2c1C. The van der Waals surface area contributed by atoms with E-state index in [4.69, 9.17) is 0 Å². The minimum atomic E-state index is -0.177. The van der Waals surface area contributed by atoms with Gasteiger partial charge in [0.2, 0.25) is 16.8 Å². The van der Waals surface area contributed by atoms with Crippen LogP contribution in [0.5, 0.6) is 0 Å². The molecule has 0 spiro atoms. The van der Waals surface area contributed by atoms with Gasteiger partial charge in [0.15, 0.2) is 5.78 Å². The predicted molar refractivity (Wildman–Crippen MR) is 93.6 cm³/mol. The molecule has 7 heteroatoms. The van der Waals surface area contributed by atoms with Crippen molar-refractivity contribution in [2.24, 2.45) is 0 Å². The van der Waals surface area contributed by atoms with Crippen LogP contribution < -0.4 is 5.32 Å². The van der Waals surface area contributed by atoms with Gasteiger partial charge >= 0.3 is 0 Å². The van der Waals surface area contributed by atoms with Crippen molar-refractivity contribution in [1.29, 1.82) is 0 Å². The van der Waals surface area contributed by atoms with Crippen LogP contribution in [-0.4, -0.2) is 26.3 Å². The molecule has 0 aliphatic heterocycles. The van der Waals surface area contributed by atoms with E-state index >= 15 is 0 Å². The Balaban J connectivity index is 1.51. The van der Waals surface area contributed by atoms with Gasteiger partial charge in [-0.15, -0.1) is 5.10 Å². The second-order valence-corrected chi connectivity index (χ2v) is 6.75. The van der Waals surface area contributed by atoms with Gasteiger partial charge in [-0.2, -0.15) is 4.98 Å². The average molecular weight is 342 g/mol. The number of hydrogen-bond donors (Lipinski definition) is 1. The Labute approximate surface area is 143 Å². The number of thiazole rings is 1. The number of aromatic nitrogens is 3. The first-order chi connectivity index (χ1) is 11.5. The van der Waals surface area contributed by atoms with Crippen molar-refractivity contribution in [3.8, 4) is 0 Å². The Morgan fingerprint density at radius 3 is 2.62 bits per heavy atom. The van der Waals surface area contributed by atoms with Crippen molar-refractivity contribution in [3.05, 3.63) is 46.5 Å². The number of aryl methyl sites for hydroxylation is 2. The Hall–Kier alpha value is -2.54. The van der Waals surface area contributed by atoms with E-state index in [1.165, 1.54) is 11.3 Å². The molecule has 0 atom stereocenters. The standard InChI is InChI=1S/C17H18N4O2S/c1-11-12(2)24-17-19-16(20-21(11)17)18-15(23)10-6-9-14(22)13-7-4-3-5-8-13/h3-5,7-8H,6,9-10H2,1-2H3,(H,18,20,23). The van der Waals surface area contributed by atoms with E-state index in [9.17, 15) is 9.59 Å². The highest BCUT2D eigenvalue weighted by atomic mass is 32.1. The summed E-state index contributed by atoms with van der Waals surface area (Å²) in [6.07, 6.45) is 1.12. The monoisotopic (exact) mass is 342 g/mol. The molecule has 0 aliphatic rings. The molecule has 1 N–H and O–H groups in total. The fourth-order valence-corrected chi connectivity index (χ4v) is 3.26. The number of fused-ring (bicyclic) bond motifs is 1. The van der Waals surface area contributed by atoms with Gasteiger partial charge < -0.3 is 0 Å². The molecule has 0 saturated heterocycles. The molecule has 0 aliphatic carbocycles. The zero-order chi connectivity index (χ0) is 17.1. The highest BCUT2D eigenvalue weighted by Crippen LogP contribution is 2.21. The van der Waals surface area contributed by atoms with Gasteiger partial charge in [-0.1, -0.05) is 41.7 Å². The molecule has 0 unspecified atom stereocenters. The number of carbonyl (C=O) groups is 2. The minimum Gasteiger partial charge on any atom is -0.294 e. The van der Waals surface area contributed by atoms with Crippen molar-refractivity contribution < 1.29 is 9.59 Å². The summed E-state index contributed by atoms with van der Waals surface area (Å²) >= 11 is 1.54. The summed E-state index contributed by atoms with van der Waals surface area (Å²) in [6.45, 7) is 3.98. The molecule has 124 valence electrons. The minimum absolute atomic E-state index is 0.0510. The summed E-state index contributed by atoms with van der Waals surface area (Å²) in [5, 5.41) is 6.97. The van der Waals surface area contributed by atoms with Crippen molar-refractivity contribution in [2.75, 3.05) is 5.32 Å². The van der Waals surface area contributed by atoms with Crippen LogP contribution in [0.25, 0.3) is 4.96 Å². The molecule has 1 aromatic carbocycles. The van der Waals surface area contributed by atoms with E-state index in [-0.39, 0.29) is 18.1 Å². The first kappa shape index (κ1) is 16.3. The third-order valence-corrected chi connectivity index (χ3v) is 4.85. The number of anilines is 1. The lowest BCUT2D eigenvalue weighted by atomic mass is 10.1. The molecule has 2 heterocycles. The zero-order valence-electron chi connectivity index (χ0n) is 13.6. The summed E-state index contributed by atoms with van der Waals surface area (Å²) < 4.78 is 1.73. The van der Waals surface area contributed by atoms with Gasteiger partial charge in [0.1, 0.15) is 0 Å². The highest BCUT2D eigenvalue weighted by Gasteiger charge is 2.13. The predicted octanol–water partition coefficient (Wildman–Crippen LogP) is 3.40. The molecule has 3 aromatic rings. The topological polar surface area (TPSA) is 76.4 Å². The Morgan fingerprint density at radius 1 is 1.17 bits per heavy atom. The zero-order valence-corrected chi connectivity index (χ0v) is 14.4. The van der Waals surface area contributed by atoms with Gasteiger partial charge in [-0.05, 0) is 20.3 Å². The van der Waals surface area contributed by atoms with Crippen LogP contribution in [0, 0.1) is 13.8 Å². The molecule has 24 heavy (non-hydrogen) atoms. The number of nitrogens with one attached hydrogen (secondary N) is 1. The molecule has 3 rings (SSSR count). The van der Waals surface area contributed by atoms with Crippen LogP contribution in [0.4, 0.5) is 5.95 Å². The quantitative estimate of drug-likeness (QED) is 0.697. The van der Waals surface area contributed by atoms with Gasteiger partial charge in [0.05, 0.1) is 5.69 Å². The lowest BCUT2D eigenvalue weighted by Crippen LogP contribution is -2.13. The molecular weight excluding hydrogens is 324 g/mol. The summed E-state index contributed by atoms with van der Waals surface area (Å²) in [4.78, 5) is 30.2. The lowest BCUT2D eigenvalue weighted by Gasteiger charge is -2.02. The number of rotatable bonds is 6. The lowest BCUT2D eigenvalue weighted by molar-refractivity contribution is -0.116. The first-order valence-corrected chi connectivity index (χ1v) is 8.57. The van der Waals surface area contributed by atoms with E-state index in [2.05, 4.69) is 15.4 Å². The van der Waals surface area contributed by atoms with Gasteiger partial charge in [0, 0.05) is 23.3 Å². The molecule has 2 aromatic heterocycles. The smallest absolute Gasteiger partial charge is 0.250 e. The van der Waals surface area contributed by atoms with Crippen LogP contribution in [0.2, 0.25) is 0 Å². The van der Waals surface area contributed by atoms with Gasteiger partial charge in [-0.3, -0.25) is 14.9 Å². The number of amides is 1. The maximum atomic E-state index is 12.0. The van der Waals surface area contributed by atoms with Crippen molar-refractivity contribution in [1.82, 2.24) is 14.6 Å². The van der Waals surface area contributed by atoms with Crippen LogP contribution in [0.15, 0.2) is 30.3 Å². The Bertz CT molecular complexity index is 883. The van der Waals surface area contributed by atoms with Crippen molar-refractivity contribution in [3.63, 3.8) is 0 Å².